The van der Waals surface area contributed by atoms with Crippen molar-refractivity contribution in [2.45, 2.75) is 0 Å². The Bertz CT molecular complexity index is 2900. The highest BCUT2D eigenvalue weighted by atomic mass is 32.1. The molecule has 10 rings (SSSR count). The summed E-state index contributed by atoms with van der Waals surface area (Å²) in [5.74, 6) is 1.95. The third-order valence-electron chi connectivity index (χ3n) is 9.66. The lowest BCUT2D eigenvalue weighted by Crippen LogP contribution is -2.00. The summed E-state index contributed by atoms with van der Waals surface area (Å²) in [5, 5.41) is 7.34. The number of aromatic nitrogens is 3. The Labute approximate surface area is 299 Å². The number of thiophene rings is 1. The van der Waals surface area contributed by atoms with Crippen LogP contribution in [-0.4, -0.2) is 15.0 Å². The van der Waals surface area contributed by atoms with Gasteiger partial charge in [-0.15, -0.1) is 11.3 Å². The van der Waals surface area contributed by atoms with E-state index in [9.17, 15) is 0 Å². The smallest absolute Gasteiger partial charge is 0.164 e. The van der Waals surface area contributed by atoms with Crippen molar-refractivity contribution in [3.8, 4) is 56.4 Å². The van der Waals surface area contributed by atoms with Crippen LogP contribution >= 0.6 is 11.3 Å². The zero-order valence-electron chi connectivity index (χ0n) is 27.5. The SMILES string of the molecule is c1ccc(-c2ccc3cc(-c4nc(-c5ccccc5)nc(-c5cc(-c6ccccc6)c6c(c5)sc5cc7ccccc7cc56)n4)ccc3c2)cc1. The normalized spacial score (nSPS) is 11.5. The maximum Gasteiger partial charge on any atom is 0.164 e. The maximum absolute atomic E-state index is 5.19. The van der Waals surface area contributed by atoms with Crippen LogP contribution in [0.25, 0.3) is 98.1 Å². The molecule has 2 heterocycles. The van der Waals surface area contributed by atoms with E-state index in [-0.39, 0.29) is 0 Å². The number of hydrogen-bond donors (Lipinski definition) is 0. The first-order valence-electron chi connectivity index (χ1n) is 17.1. The van der Waals surface area contributed by atoms with Gasteiger partial charge in [0.05, 0.1) is 0 Å². The van der Waals surface area contributed by atoms with E-state index in [0.717, 1.165) is 22.1 Å². The summed E-state index contributed by atoms with van der Waals surface area (Å²) in [7, 11) is 0. The van der Waals surface area contributed by atoms with Gasteiger partial charge in [-0.3, -0.25) is 0 Å². The highest BCUT2D eigenvalue weighted by Crippen LogP contribution is 2.44. The second-order valence-corrected chi connectivity index (χ2v) is 14.0. The first kappa shape index (κ1) is 29.4. The Morgan fingerprint density at radius 3 is 1.51 bits per heavy atom. The van der Waals surface area contributed by atoms with E-state index in [0.29, 0.717) is 17.5 Å². The number of rotatable bonds is 5. The van der Waals surface area contributed by atoms with E-state index in [1.807, 2.05) is 35.6 Å². The van der Waals surface area contributed by atoms with E-state index in [2.05, 4.69) is 152 Å². The molecule has 0 aliphatic carbocycles. The van der Waals surface area contributed by atoms with Crippen molar-refractivity contribution in [3.05, 3.63) is 176 Å². The van der Waals surface area contributed by atoms with Gasteiger partial charge in [0, 0.05) is 36.9 Å². The highest BCUT2D eigenvalue weighted by Gasteiger charge is 2.18. The number of fused-ring (bicyclic) bond motifs is 5. The van der Waals surface area contributed by atoms with Crippen LogP contribution in [-0.2, 0) is 0 Å². The molecule has 8 aromatic carbocycles. The third-order valence-corrected chi connectivity index (χ3v) is 10.8. The zero-order chi connectivity index (χ0) is 33.7. The summed E-state index contributed by atoms with van der Waals surface area (Å²) < 4.78 is 2.48. The standard InChI is InChI=1S/C47H29N3S/c1-4-12-30(13-5-1)35-20-21-37-25-38(23-22-36(37)24-35)46-48-45(32-16-8-3-9-17-32)49-47(50-46)39-27-40(31-14-6-2-7-15-31)44-41-26-33-18-10-11-19-34(33)28-42(41)51-43(44)29-39/h1-29H. The molecule has 0 saturated carbocycles. The van der Waals surface area contributed by atoms with E-state index in [1.165, 1.54) is 58.6 Å². The van der Waals surface area contributed by atoms with Crippen molar-refractivity contribution >= 4 is 53.1 Å². The van der Waals surface area contributed by atoms with Crippen molar-refractivity contribution < 1.29 is 0 Å². The molecule has 0 aliphatic rings. The minimum atomic E-state index is 0.650. The Morgan fingerprint density at radius 1 is 0.314 bits per heavy atom. The van der Waals surface area contributed by atoms with Crippen LogP contribution in [0.5, 0.6) is 0 Å². The molecule has 0 fully saturated rings. The fraction of sp³-hybridized carbons (Fsp3) is 0. The summed E-state index contributed by atoms with van der Waals surface area (Å²) in [6, 6.07) is 62.2. The number of nitrogens with zero attached hydrogens (tertiary/aromatic N) is 3. The molecule has 0 radical (unpaired) electrons. The van der Waals surface area contributed by atoms with Crippen molar-refractivity contribution in [2.75, 3.05) is 0 Å². The quantitative estimate of drug-likeness (QED) is 0.183. The molecular weight excluding hydrogens is 639 g/mol. The average molecular weight is 668 g/mol. The van der Waals surface area contributed by atoms with Crippen LogP contribution in [0.1, 0.15) is 0 Å². The molecule has 0 atom stereocenters. The molecule has 2 aromatic heterocycles. The molecule has 0 saturated heterocycles. The number of hydrogen-bond acceptors (Lipinski definition) is 4. The molecule has 0 aliphatic heterocycles. The average Bonchev–Trinajstić information content (AvgIpc) is 3.57. The summed E-state index contributed by atoms with van der Waals surface area (Å²) in [6.45, 7) is 0. The van der Waals surface area contributed by atoms with Crippen molar-refractivity contribution in [1.29, 1.82) is 0 Å². The molecule has 3 nitrogen and oxygen atoms in total. The van der Waals surface area contributed by atoms with E-state index in [4.69, 9.17) is 15.0 Å². The number of benzene rings is 8. The summed E-state index contributed by atoms with van der Waals surface area (Å²) >= 11 is 1.83. The molecule has 0 N–H and O–H groups in total. The largest absolute Gasteiger partial charge is 0.208 e. The second kappa shape index (κ2) is 12.1. The van der Waals surface area contributed by atoms with Gasteiger partial charge in [0.1, 0.15) is 0 Å². The monoisotopic (exact) mass is 667 g/mol. The van der Waals surface area contributed by atoms with Crippen LogP contribution in [0.3, 0.4) is 0 Å². The lowest BCUT2D eigenvalue weighted by molar-refractivity contribution is 1.08. The topological polar surface area (TPSA) is 38.7 Å². The lowest BCUT2D eigenvalue weighted by atomic mass is 9.96. The molecule has 0 bridgehead atoms. The van der Waals surface area contributed by atoms with Crippen LogP contribution in [0.2, 0.25) is 0 Å². The molecule has 0 spiro atoms. The van der Waals surface area contributed by atoms with Crippen molar-refractivity contribution in [3.63, 3.8) is 0 Å². The van der Waals surface area contributed by atoms with Crippen LogP contribution in [0.15, 0.2) is 176 Å². The Morgan fingerprint density at radius 2 is 0.824 bits per heavy atom. The van der Waals surface area contributed by atoms with Gasteiger partial charge in [-0.1, -0.05) is 140 Å². The Kier molecular flexibility index (Phi) is 7.00. The van der Waals surface area contributed by atoms with Gasteiger partial charge in [0.25, 0.3) is 0 Å². The molecule has 10 aromatic rings. The molecule has 0 amide bonds. The fourth-order valence-electron chi connectivity index (χ4n) is 7.11. The Hall–Kier alpha value is -6.49. The second-order valence-electron chi connectivity index (χ2n) is 12.9. The molecule has 4 heteroatoms. The first-order valence-corrected chi connectivity index (χ1v) is 17.9. The van der Waals surface area contributed by atoms with E-state index in [1.54, 1.807) is 0 Å². The fourth-order valence-corrected chi connectivity index (χ4v) is 8.31. The predicted octanol–water partition coefficient (Wildman–Crippen LogP) is 12.9. The minimum absolute atomic E-state index is 0.650. The van der Waals surface area contributed by atoms with Crippen LogP contribution in [0.4, 0.5) is 0 Å². The minimum Gasteiger partial charge on any atom is -0.208 e. The highest BCUT2D eigenvalue weighted by molar-refractivity contribution is 7.26. The molecule has 0 unspecified atom stereocenters. The van der Waals surface area contributed by atoms with Gasteiger partial charge in [-0.05, 0) is 80.2 Å². The maximum atomic E-state index is 5.19. The third kappa shape index (κ3) is 5.34. The van der Waals surface area contributed by atoms with Gasteiger partial charge in [0.15, 0.2) is 17.5 Å². The van der Waals surface area contributed by atoms with Gasteiger partial charge < -0.3 is 0 Å². The van der Waals surface area contributed by atoms with Gasteiger partial charge in [-0.2, -0.15) is 0 Å². The zero-order valence-corrected chi connectivity index (χ0v) is 28.3. The predicted molar refractivity (Wildman–Crippen MR) is 215 cm³/mol. The van der Waals surface area contributed by atoms with Gasteiger partial charge in [0.2, 0.25) is 0 Å². The summed E-state index contributed by atoms with van der Waals surface area (Å²) in [6.07, 6.45) is 0. The molecule has 238 valence electrons. The van der Waals surface area contributed by atoms with Crippen molar-refractivity contribution in [1.82, 2.24) is 15.0 Å². The lowest BCUT2D eigenvalue weighted by Gasteiger charge is -2.12. The molecular formula is C47H29N3S. The van der Waals surface area contributed by atoms with Crippen LogP contribution in [0, 0.1) is 0 Å². The van der Waals surface area contributed by atoms with E-state index < -0.39 is 0 Å². The first-order chi connectivity index (χ1) is 25.2. The summed E-state index contributed by atoms with van der Waals surface area (Å²) in [4.78, 5) is 15.4. The van der Waals surface area contributed by atoms with Crippen molar-refractivity contribution in [2.24, 2.45) is 0 Å². The Balaban J connectivity index is 1.17. The summed E-state index contributed by atoms with van der Waals surface area (Å²) in [5.41, 5.74) is 7.61. The van der Waals surface area contributed by atoms with Crippen LogP contribution < -0.4 is 0 Å². The van der Waals surface area contributed by atoms with Gasteiger partial charge in [-0.25, -0.2) is 15.0 Å². The van der Waals surface area contributed by atoms with E-state index >= 15 is 0 Å². The van der Waals surface area contributed by atoms with Gasteiger partial charge >= 0.3 is 0 Å². The molecule has 51 heavy (non-hydrogen) atoms.